The van der Waals surface area contributed by atoms with Crippen LogP contribution in [0.4, 0.5) is 0 Å². The second-order valence-corrected chi connectivity index (χ2v) is 6.18. The highest BCUT2D eigenvalue weighted by atomic mass is 16.5. The second kappa shape index (κ2) is 6.81. The summed E-state index contributed by atoms with van der Waals surface area (Å²) >= 11 is 0. The molecule has 25 heavy (non-hydrogen) atoms. The minimum absolute atomic E-state index is 0.0119. The van der Waals surface area contributed by atoms with E-state index in [1.54, 1.807) is 0 Å². The van der Waals surface area contributed by atoms with Gasteiger partial charge in [-0.2, -0.15) is 0 Å². The molecule has 0 saturated heterocycles. The summed E-state index contributed by atoms with van der Waals surface area (Å²) in [5, 5.41) is 0. The van der Waals surface area contributed by atoms with Crippen LogP contribution in [0.25, 0.3) is 0 Å². The molecule has 0 aliphatic carbocycles. The predicted molar refractivity (Wildman–Crippen MR) is 97.4 cm³/mol. The number of hydrogen-bond donors (Lipinski definition) is 0. The average molecular weight is 329 g/mol. The van der Waals surface area contributed by atoms with E-state index in [1.807, 2.05) is 89.8 Å². The van der Waals surface area contributed by atoms with Crippen LogP contribution in [0.1, 0.15) is 27.6 Å². The van der Waals surface area contributed by atoms with Gasteiger partial charge in [-0.3, -0.25) is 4.79 Å². The van der Waals surface area contributed by atoms with Crippen molar-refractivity contribution in [3.05, 3.63) is 102 Å². The molecule has 3 aromatic rings. The number of ether oxygens (including phenoxy) is 1. The summed E-state index contributed by atoms with van der Waals surface area (Å²) in [5.74, 6) is 0.662. The summed E-state index contributed by atoms with van der Waals surface area (Å²) < 4.78 is 6.22. The first-order valence-corrected chi connectivity index (χ1v) is 8.45. The minimum atomic E-state index is -0.183. The van der Waals surface area contributed by atoms with E-state index in [0.29, 0.717) is 24.4 Å². The van der Waals surface area contributed by atoms with E-state index in [2.05, 4.69) is 0 Å². The Morgan fingerprint density at radius 3 is 2.24 bits per heavy atom. The summed E-state index contributed by atoms with van der Waals surface area (Å²) in [6.07, 6.45) is -0.183. The lowest BCUT2D eigenvalue weighted by Crippen LogP contribution is -2.33. The first-order chi connectivity index (χ1) is 12.3. The number of benzene rings is 3. The van der Waals surface area contributed by atoms with E-state index in [1.165, 1.54) is 0 Å². The fraction of sp³-hybridized carbons (Fsp3) is 0.136. The quantitative estimate of drug-likeness (QED) is 0.710. The zero-order valence-corrected chi connectivity index (χ0v) is 13.8. The third-order valence-corrected chi connectivity index (χ3v) is 4.45. The molecule has 3 nitrogen and oxygen atoms in total. The molecule has 0 aromatic heterocycles. The first kappa shape index (κ1) is 15.5. The Morgan fingerprint density at radius 1 is 0.840 bits per heavy atom. The number of nitrogens with zero attached hydrogens (tertiary/aromatic N) is 1. The van der Waals surface area contributed by atoms with E-state index in [4.69, 9.17) is 4.74 Å². The highest BCUT2D eigenvalue weighted by molar-refractivity contribution is 5.97. The molecule has 0 N–H and O–H groups in total. The summed E-state index contributed by atoms with van der Waals surface area (Å²) in [7, 11) is 0. The molecule has 0 bridgehead atoms. The normalized spacial score (nSPS) is 16.7. The topological polar surface area (TPSA) is 29.5 Å². The minimum Gasteiger partial charge on any atom is -0.483 e. The molecule has 3 heteroatoms. The molecule has 3 aromatic carbocycles. The number of carbonyl (C=O) groups is 1. The van der Waals surface area contributed by atoms with Gasteiger partial charge in [-0.15, -0.1) is 0 Å². The molecular weight excluding hydrogens is 310 g/mol. The maximum Gasteiger partial charge on any atom is 0.258 e. The molecule has 1 amide bonds. The van der Waals surface area contributed by atoms with Gasteiger partial charge in [0.25, 0.3) is 5.91 Å². The fourth-order valence-corrected chi connectivity index (χ4v) is 3.17. The third kappa shape index (κ3) is 3.26. The Labute approximate surface area is 147 Å². The molecule has 1 aliphatic heterocycles. The van der Waals surface area contributed by atoms with Gasteiger partial charge in [-0.25, -0.2) is 0 Å². The molecule has 0 spiro atoms. The van der Waals surface area contributed by atoms with E-state index >= 15 is 0 Å². The van der Waals surface area contributed by atoms with Crippen molar-refractivity contribution in [3.8, 4) is 5.75 Å². The predicted octanol–water partition coefficient (Wildman–Crippen LogP) is 4.46. The molecule has 1 unspecified atom stereocenters. The summed E-state index contributed by atoms with van der Waals surface area (Å²) in [6.45, 7) is 1.09. The molecule has 4 rings (SSSR count). The molecule has 1 aliphatic rings. The van der Waals surface area contributed by atoms with Crippen LogP contribution in [0.15, 0.2) is 84.9 Å². The number of amides is 1. The number of rotatable bonds is 3. The van der Waals surface area contributed by atoms with Gasteiger partial charge in [0, 0.05) is 6.54 Å². The van der Waals surface area contributed by atoms with Gasteiger partial charge < -0.3 is 9.64 Å². The molecule has 0 saturated carbocycles. The standard InChI is InChI=1S/C22H19NO2/c24-22-19-13-7-8-14-20(19)25-21(18-11-5-2-6-12-18)16-23(22)15-17-9-3-1-4-10-17/h1-14,21H,15-16H2. The fourth-order valence-electron chi connectivity index (χ4n) is 3.17. The zero-order valence-electron chi connectivity index (χ0n) is 13.8. The SMILES string of the molecule is O=C1c2ccccc2OC(c2ccccc2)CN1Cc1ccccc1. The Balaban J connectivity index is 1.71. The highest BCUT2D eigenvalue weighted by Crippen LogP contribution is 2.31. The molecule has 1 atom stereocenters. The van der Waals surface area contributed by atoms with Crippen LogP contribution in [-0.4, -0.2) is 17.4 Å². The molecule has 1 heterocycles. The number of hydrogen-bond acceptors (Lipinski definition) is 2. The van der Waals surface area contributed by atoms with Crippen LogP contribution in [0.2, 0.25) is 0 Å². The number of carbonyl (C=O) groups excluding carboxylic acids is 1. The lowest BCUT2D eigenvalue weighted by molar-refractivity contribution is 0.0695. The van der Waals surface area contributed by atoms with Crippen molar-refractivity contribution < 1.29 is 9.53 Å². The Kier molecular flexibility index (Phi) is 4.21. The van der Waals surface area contributed by atoms with Gasteiger partial charge in [0.05, 0.1) is 12.1 Å². The Morgan fingerprint density at radius 2 is 1.48 bits per heavy atom. The lowest BCUT2D eigenvalue weighted by Gasteiger charge is -2.24. The van der Waals surface area contributed by atoms with Crippen molar-refractivity contribution in [3.63, 3.8) is 0 Å². The summed E-state index contributed by atoms with van der Waals surface area (Å²) in [6, 6.07) is 27.6. The zero-order chi connectivity index (χ0) is 17.1. The molecule has 0 radical (unpaired) electrons. The van der Waals surface area contributed by atoms with Crippen LogP contribution in [-0.2, 0) is 6.54 Å². The summed E-state index contributed by atoms with van der Waals surface area (Å²) in [5.41, 5.74) is 2.81. The smallest absolute Gasteiger partial charge is 0.258 e. The molecule has 124 valence electrons. The van der Waals surface area contributed by atoms with Gasteiger partial charge in [0.2, 0.25) is 0 Å². The van der Waals surface area contributed by atoms with Crippen LogP contribution < -0.4 is 4.74 Å². The van der Waals surface area contributed by atoms with Crippen molar-refractivity contribution >= 4 is 5.91 Å². The first-order valence-electron chi connectivity index (χ1n) is 8.45. The van der Waals surface area contributed by atoms with Crippen LogP contribution in [0.3, 0.4) is 0 Å². The van der Waals surface area contributed by atoms with Crippen molar-refractivity contribution in [2.75, 3.05) is 6.54 Å². The van der Waals surface area contributed by atoms with Crippen molar-refractivity contribution in [1.29, 1.82) is 0 Å². The number of para-hydroxylation sites is 1. The molecule has 0 fully saturated rings. The highest BCUT2D eigenvalue weighted by Gasteiger charge is 2.29. The maximum absolute atomic E-state index is 13.1. The van der Waals surface area contributed by atoms with Gasteiger partial charge in [-0.05, 0) is 23.3 Å². The van der Waals surface area contributed by atoms with Gasteiger partial charge in [0.15, 0.2) is 0 Å². The van der Waals surface area contributed by atoms with Crippen molar-refractivity contribution in [2.45, 2.75) is 12.6 Å². The Bertz CT molecular complexity index is 861. The largest absolute Gasteiger partial charge is 0.483 e. The second-order valence-electron chi connectivity index (χ2n) is 6.18. The van der Waals surface area contributed by atoms with E-state index < -0.39 is 0 Å². The lowest BCUT2D eigenvalue weighted by atomic mass is 10.1. The van der Waals surface area contributed by atoms with E-state index in [-0.39, 0.29) is 12.0 Å². The van der Waals surface area contributed by atoms with Crippen LogP contribution >= 0.6 is 0 Å². The van der Waals surface area contributed by atoms with Crippen molar-refractivity contribution in [1.82, 2.24) is 4.90 Å². The van der Waals surface area contributed by atoms with Gasteiger partial charge in [0.1, 0.15) is 11.9 Å². The van der Waals surface area contributed by atoms with Crippen LogP contribution in [0, 0.1) is 0 Å². The van der Waals surface area contributed by atoms with Crippen molar-refractivity contribution in [2.24, 2.45) is 0 Å². The monoisotopic (exact) mass is 329 g/mol. The van der Waals surface area contributed by atoms with E-state index in [0.717, 1.165) is 11.1 Å². The van der Waals surface area contributed by atoms with Crippen LogP contribution in [0.5, 0.6) is 5.75 Å². The third-order valence-electron chi connectivity index (χ3n) is 4.45. The van der Waals surface area contributed by atoms with Gasteiger partial charge in [-0.1, -0.05) is 72.8 Å². The Hall–Kier alpha value is -3.07. The summed E-state index contributed by atoms with van der Waals surface area (Å²) in [4.78, 5) is 14.9. The van der Waals surface area contributed by atoms with Gasteiger partial charge >= 0.3 is 0 Å². The number of fused-ring (bicyclic) bond motifs is 1. The average Bonchev–Trinajstić information content (AvgIpc) is 2.81. The van der Waals surface area contributed by atoms with E-state index in [9.17, 15) is 4.79 Å². The molecular formula is C22H19NO2. The maximum atomic E-state index is 13.1.